The number of hydrogen-bond donors (Lipinski definition) is 1. The van der Waals surface area contributed by atoms with E-state index in [1.807, 2.05) is 29.6 Å². The van der Waals surface area contributed by atoms with E-state index in [2.05, 4.69) is 26.2 Å². The summed E-state index contributed by atoms with van der Waals surface area (Å²) in [6.07, 6.45) is 0. The van der Waals surface area contributed by atoms with Gasteiger partial charge < -0.3 is 10.1 Å². The van der Waals surface area contributed by atoms with Crippen LogP contribution in [0.2, 0.25) is 0 Å². The van der Waals surface area contributed by atoms with Crippen molar-refractivity contribution in [3.8, 4) is 17.0 Å². The SMILES string of the molecule is Fc1ccc(-c2csc(NCC(=S)Oc3ccccc3Br)n2)cc1. The molecule has 0 aliphatic heterocycles. The Kier molecular flexibility index (Phi) is 5.55. The van der Waals surface area contributed by atoms with E-state index in [4.69, 9.17) is 17.0 Å². The molecule has 7 heteroatoms. The second kappa shape index (κ2) is 7.83. The quantitative estimate of drug-likeness (QED) is 0.548. The summed E-state index contributed by atoms with van der Waals surface area (Å²) in [5.74, 6) is 0.414. The van der Waals surface area contributed by atoms with Gasteiger partial charge in [0.15, 0.2) is 10.2 Å². The van der Waals surface area contributed by atoms with Gasteiger partial charge in [0.05, 0.1) is 16.7 Å². The van der Waals surface area contributed by atoms with E-state index in [0.717, 1.165) is 20.9 Å². The zero-order valence-electron chi connectivity index (χ0n) is 12.3. The molecule has 0 saturated heterocycles. The van der Waals surface area contributed by atoms with Crippen LogP contribution in [-0.2, 0) is 0 Å². The lowest BCUT2D eigenvalue weighted by Gasteiger charge is -2.08. The highest BCUT2D eigenvalue weighted by molar-refractivity contribution is 9.10. The Balaban J connectivity index is 1.58. The van der Waals surface area contributed by atoms with Gasteiger partial charge in [0.25, 0.3) is 0 Å². The average molecular weight is 423 g/mol. The number of nitrogens with zero attached hydrogens (tertiary/aromatic N) is 1. The van der Waals surface area contributed by atoms with Crippen LogP contribution in [0.5, 0.6) is 5.75 Å². The average Bonchev–Trinajstić information content (AvgIpc) is 3.05. The highest BCUT2D eigenvalue weighted by Crippen LogP contribution is 2.26. The fourth-order valence-corrected chi connectivity index (χ4v) is 3.19. The topological polar surface area (TPSA) is 34.1 Å². The first-order chi connectivity index (χ1) is 11.6. The van der Waals surface area contributed by atoms with Crippen molar-refractivity contribution in [2.45, 2.75) is 0 Å². The van der Waals surface area contributed by atoms with Crippen molar-refractivity contribution in [2.24, 2.45) is 0 Å². The molecule has 0 atom stereocenters. The lowest BCUT2D eigenvalue weighted by molar-refractivity contribution is 0.554. The maximum Gasteiger partial charge on any atom is 0.186 e. The molecule has 0 radical (unpaired) electrons. The van der Waals surface area contributed by atoms with E-state index in [1.54, 1.807) is 12.1 Å². The van der Waals surface area contributed by atoms with Gasteiger partial charge in [-0.2, -0.15) is 0 Å². The lowest BCUT2D eigenvalue weighted by Crippen LogP contribution is -2.17. The fourth-order valence-electron chi connectivity index (χ4n) is 1.94. The molecular formula is C17H12BrFN2OS2. The third-order valence-electron chi connectivity index (χ3n) is 3.09. The molecule has 24 heavy (non-hydrogen) atoms. The number of rotatable bonds is 5. The lowest BCUT2D eigenvalue weighted by atomic mass is 10.2. The Bertz CT molecular complexity index is 852. The largest absolute Gasteiger partial charge is 0.447 e. The van der Waals surface area contributed by atoms with Gasteiger partial charge in [0, 0.05) is 10.9 Å². The first-order valence-corrected chi connectivity index (χ1v) is 9.10. The van der Waals surface area contributed by atoms with Crippen molar-refractivity contribution >= 4 is 49.7 Å². The van der Waals surface area contributed by atoms with Crippen LogP contribution in [0.25, 0.3) is 11.3 Å². The third kappa shape index (κ3) is 4.37. The van der Waals surface area contributed by atoms with Gasteiger partial charge in [-0.1, -0.05) is 12.1 Å². The first kappa shape index (κ1) is 17.0. The summed E-state index contributed by atoms with van der Waals surface area (Å²) >= 11 is 10.1. The summed E-state index contributed by atoms with van der Waals surface area (Å²) in [6.45, 7) is 0.368. The summed E-state index contributed by atoms with van der Waals surface area (Å²) in [5, 5.41) is 6.19. The zero-order chi connectivity index (χ0) is 16.9. The second-order valence-electron chi connectivity index (χ2n) is 4.80. The summed E-state index contributed by atoms with van der Waals surface area (Å²) in [5.41, 5.74) is 1.66. The number of benzene rings is 2. The second-order valence-corrected chi connectivity index (χ2v) is 6.97. The minimum Gasteiger partial charge on any atom is -0.447 e. The summed E-state index contributed by atoms with van der Waals surface area (Å²) in [6, 6.07) is 13.8. The Hall–Kier alpha value is -1.83. The van der Waals surface area contributed by atoms with Gasteiger partial charge in [-0.15, -0.1) is 11.3 Å². The van der Waals surface area contributed by atoms with E-state index in [-0.39, 0.29) is 5.82 Å². The summed E-state index contributed by atoms with van der Waals surface area (Å²) < 4.78 is 19.4. The molecule has 122 valence electrons. The minimum atomic E-state index is -0.262. The van der Waals surface area contributed by atoms with Crippen LogP contribution >= 0.6 is 39.5 Å². The predicted molar refractivity (Wildman–Crippen MR) is 103 cm³/mol. The van der Waals surface area contributed by atoms with Crippen molar-refractivity contribution in [3.05, 3.63) is 64.2 Å². The van der Waals surface area contributed by atoms with E-state index in [1.165, 1.54) is 23.5 Å². The Morgan fingerprint density at radius 2 is 1.96 bits per heavy atom. The standard InChI is InChI=1S/C17H12BrFN2OS2/c18-13-3-1-2-4-15(13)22-16(23)9-20-17-21-14(10-24-17)11-5-7-12(19)8-6-11/h1-8,10H,9H2,(H,20,21). The molecule has 2 aromatic carbocycles. The van der Waals surface area contributed by atoms with Crippen molar-refractivity contribution in [3.63, 3.8) is 0 Å². The first-order valence-electron chi connectivity index (χ1n) is 7.02. The van der Waals surface area contributed by atoms with Crippen LogP contribution in [0.15, 0.2) is 58.4 Å². The van der Waals surface area contributed by atoms with Crippen LogP contribution in [0.4, 0.5) is 9.52 Å². The van der Waals surface area contributed by atoms with Gasteiger partial charge in [0.2, 0.25) is 0 Å². The molecule has 0 bridgehead atoms. The van der Waals surface area contributed by atoms with Crippen molar-refractivity contribution in [2.75, 3.05) is 11.9 Å². The number of hydrogen-bond acceptors (Lipinski definition) is 5. The van der Waals surface area contributed by atoms with Gasteiger partial charge in [-0.05, 0) is 64.5 Å². The number of anilines is 1. The maximum atomic E-state index is 13.0. The number of halogens is 2. The number of nitrogens with one attached hydrogen (secondary N) is 1. The highest BCUT2D eigenvalue weighted by atomic mass is 79.9. The molecule has 0 saturated carbocycles. The van der Waals surface area contributed by atoms with Gasteiger partial charge in [0.1, 0.15) is 11.6 Å². The molecule has 0 unspecified atom stereocenters. The van der Waals surface area contributed by atoms with Crippen LogP contribution < -0.4 is 10.1 Å². The van der Waals surface area contributed by atoms with Crippen LogP contribution in [0.3, 0.4) is 0 Å². The molecular weight excluding hydrogens is 411 g/mol. The molecule has 3 rings (SSSR count). The molecule has 1 aromatic heterocycles. The van der Waals surface area contributed by atoms with E-state index in [0.29, 0.717) is 17.3 Å². The minimum absolute atomic E-state index is 0.262. The fraction of sp³-hybridized carbons (Fsp3) is 0.0588. The molecule has 0 amide bonds. The third-order valence-corrected chi connectivity index (χ3v) is 4.77. The van der Waals surface area contributed by atoms with E-state index >= 15 is 0 Å². The number of thiazole rings is 1. The molecule has 1 N–H and O–H groups in total. The van der Waals surface area contributed by atoms with Crippen LogP contribution in [0, 0.1) is 5.82 Å². The van der Waals surface area contributed by atoms with E-state index < -0.39 is 0 Å². The van der Waals surface area contributed by atoms with Crippen LogP contribution in [-0.4, -0.2) is 16.6 Å². The molecule has 3 aromatic rings. The number of para-hydroxylation sites is 1. The van der Waals surface area contributed by atoms with Gasteiger partial charge in [-0.3, -0.25) is 0 Å². The molecule has 3 nitrogen and oxygen atoms in total. The van der Waals surface area contributed by atoms with Gasteiger partial charge in [-0.25, -0.2) is 9.37 Å². The summed E-state index contributed by atoms with van der Waals surface area (Å²) in [4.78, 5) is 4.47. The Morgan fingerprint density at radius 3 is 2.71 bits per heavy atom. The molecule has 0 fully saturated rings. The molecule has 1 heterocycles. The van der Waals surface area contributed by atoms with Crippen molar-refractivity contribution in [1.29, 1.82) is 0 Å². The molecule has 0 aliphatic carbocycles. The zero-order valence-corrected chi connectivity index (χ0v) is 15.6. The smallest absolute Gasteiger partial charge is 0.186 e. The van der Waals surface area contributed by atoms with E-state index in [9.17, 15) is 4.39 Å². The van der Waals surface area contributed by atoms with Gasteiger partial charge >= 0.3 is 0 Å². The molecule has 0 spiro atoms. The predicted octanol–water partition coefficient (Wildman–Crippen LogP) is 5.53. The summed E-state index contributed by atoms with van der Waals surface area (Å²) in [7, 11) is 0. The number of aromatic nitrogens is 1. The van der Waals surface area contributed by atoms with Crippen LogP contribution in [0.1, 0.15) is 0 Å². The molecule has 0 aliphatic rings. The normalized spacial score (nSPS) is 10.4. The Morgan fingerprint density at radius 1 is 1.21 bits per heavy atom. The Labute approximate surface area is 156 Å². The number of thiocarbonyl (C=S) groups is 1. The van der Waals surface area contributed by atoms with Crippen molar-refractivity contribution in [1.82, 2.24) is 4.98 Å². The monoisotopic (exact) mass is 422 g/mol. The highest BCUT2D eigenvalue weighted by Gasteiger charge is 2.07. The van der Waals surface area contributed by atoms with Crippen molar-refractivity contribution < 1.29 is 9.13 Å². The maximum absolute atomic E-state index is 13.0. The number of ether oxygens (including phenoxy) is 1.